The van der Waals surface area contributed by atoms with Gasteiger partial charge in [-0.3, -0.25) is 19.6 Å². The van der Waals surface area contributed by atoms with E-state index in [0.717, 1.165) is 23.0 Å². The van der Waals surface area contributed by atoms with Crippen molar-refractivity contribution in [2.24, 2.45) is 0 Å². The maximum Gasteiger partial charge on any atom is 0.258 e. The molecule has 3 aromatic rings. The third-order valence-corrected chi connectivity index (χ3v) is 6.79. The van der Waals surface area contributed by atoms with Gasteiger partial charge in [-0.15, -0.1) is 0 Å². The van der Waals surface area contributed by atoms with Crippen LogP contribution in [-0.2, 0) is 17.6 Å². The number of aryl methyl sites for hydroxylation is 2. The maximum atomic E-state index is 13.2. The first-order valence-corrected chi connectivity index (χ1v) is 13.2. The molecule has 0 unspecified atom stereocenters. The topological polar surface area (TPSA) is 112 Å². The van der Waals surface area contributed by atoms with E-state index in [4.69, 9.17) is 9.47 Å². The lowest BCUT2D eigenvalue weighted by Gasteiger charge is -2.36. The molecule has 1 fully saturated rings. The van der Waals surface area contributed by atoms with Crippen LogP contribution in [0.3, 0.4) is 0 Å². The highest BCUT2D eigenvalue weighted by molar-refractivity contribution is 6.11. The lowest BCUT2D eigenvalue weighted by atomic mass is 10.1. The van der Waals surface area contributed by atoms with Crippen LogP contribution in [0.1, 0.15) is 21.6 Å². The zero-order valence-corrected chi connectivity index (χ0v) is 23.1. The maximum absolute atomic E-state index is 13.2. The van der Waals surface area contributed by atoms with Gasteiger partial charge < -0.3 is 25.0 Å². The van der Waals surface area contributed by atoms with Crippen molar-refractivity contribution >= 4 is 29.0 Å². The summed E-state index contributed by atoms with van der Waals surface area (Å²) < 4.78 is 36.1. The van der Waals surface area contributed by atoms with Crippen molar-refractivity contribution in [3.8, 4) is 11.5 Å². The van der Waals surface area contributed by atoms with E-state index >= 15 is 0 Å². The molecule has 1 aliphatic rings. The summed E-state index contributed by atoms with van der Waals surface area (Å²) in [7, 11) is 3.20. The standard InChI is InChI=1S/C29H34F2N6O4/c1-4-28(38)32-25-16-21(37-11-9-36(10-12-37)18-26(30)31)7-8-24(25)29(39)33-27-15-20(34-35-27)6-5-19-13-22(40-2)17-23(14-19)41-3/h4,7-8,13-17,26H,1,5-6,9-12,18H2,2-3H3,(H,32,38)(H2,33,34,35,39). The van der Waals surface area contributed by atoms with Crippen molar-refractivity contribution in [2.45, 2.75) is 19.3 Å². The molecule has 41 heavy (non-hydrogen) atoms. The number of methoxy groups -OCH3 is 2. The van der Waals surface area contributed by atoms with E-state index in [9.17, 15) is 18.4 Å². The molecule has 1 saturated heterocycles. The number of aromatic nitrogens is 2. The van der Waals surface area contributed by atoms with Crippen LogP contribution in [-0.4, -0.2) is 80.3 Å². The highest BCUT2D eigenvalue weighted by Crippen LogP contribution is 2.27. The minimum atomic E-state index is -2.37. The van der Waals surface area contributed by atoms with Crippen molar-refractivity contribution in [3.63, 3.8) is 0 Å². The van der Waals surface area contributed by atoms with Gasteiger partial charge in [-0.05, 0) is 54.8 Å². The Morgan fingerprint density at radius 1 is 1.02 bits per heavy atom. The van der Waals surface area contributed by atoms with E-state index in [1.54, 1.807) is 43.4 Å². The number of anilines is 3. The van der Waals surface area contributed by atoms with E-state index < -0.39 is 18.2 Å². The first kappa shape index (κ1) is 29.5. The number of H-pyrrole nitrogens is 1. The Hall–Kier alpha value is -4.45. The fourth-order valence-corrected chi connectivity index (χ4v) is 4.63. The van der Waals surface area contributed by atoms with E-state index in [1.165, 1.54) is 0 Å². The number of benzene rings is 2. The third-order valence-electron chi connectivity index (χ3n) is 6.79. The number of piperazine rings is 1. The zero-order chi connectivity index (χ0) is 29.4. The Morgan fingerprint density at radius 3 is 2.37 bits per heavy atom. The summed E-state index contributed by atoms with van der Waals surface area (Å²) >= 11 is 0. The Balaban J connectivity index is 1.43. The predicted molar refractivity (Wildman–Crippen MR) is 153 cm³/mol. The molecular weight excluding hydrogens is 534 g/mol. The Kier molecular flexibility index (Phi) is 9.91. The van der Waals surface area contributed by atoms with Gasteiger partial charge in [-0.2, -0.15) is 5.10 Å². The lowest BCUT2D eigenvalue weighted by Crippen LogP contribution is -2.47. The fraction of sp³-hybridized carbons (Fsp3) is 0.345. The number of ether oxygens (including phenoxy) is 2. The number of hydrogen-bond acceptors (Lipinski definition) is 7. The van der Waals surface area contributed by atoms with Crippen LogP contribution < -0.4 is 25.0 Å². The van der Waals surface area contributed by atoms with E-state index in [2.05, 4.69) is 27.4 Å². The number of hydrogen-bond donors (Lipinski definition) is 3. The molecule has 10 nitrogen and oxygen atoms in total. The summed E-state index contributed by atoms with van der Waals surface area (Å²) in [5.74, 6) is 0.837. The van der Waals surface area contributed by atoms with Gasteiger partial charge in [0.05, 0.1) is 32.0 Å². The number of carbonyl (C=O) groups is 2. The van der Waals surface area contributed by atoms with Gasteiger partial charge in [-0.1, -0.05) is 6.58 Å². The second kappa shape index (κ2) is 13.8. The minimum absolute atomic E-state index is 0.244. The summed E-state index contributed by atoms with van der Waals surface area (Å²) in [6.45, 7) is 5.32. The zero-order valence-electron chi connectivity index (χ0n) is 23.1. The Bertz CT molecular complexity index is 1350. The molecule has 2 heterocycles. The minimum Gasteiger partial charge on any atom is -0.497 e. The second-order valence-electron chi connectivity index (χ2n) is 9.56. The number of halogens is 2. The van der Waals surface area contributed by atoms with Crippen LogP contribution in [0.5, 0.6) is 11.5 Å². The summed E-state index contributed by atoms with van der Waals surface area (Å²) in [5, 5.41) is 12.6. The van der Waals surface area contributed by atoms with Crippen LogP contribution in [0, 0.1) is 0 Å². The highest BCUT2D eigenvalue weighted by Gasteiger charge is 2.22. The van der Waals surface area contributed by atoms with Gasteiger partial charge in [0.25, 0.3) is 12.3 Å². The van der Waals surface area contributed by atoms with Crippen molar-refractivity contribution < 1.29 is 27.8 Å². The monoisotopic (exact) mass is 568 g/mol. The first-order valence-electron chi connectivity index (χ1n) is 13.2. The van der Waals surface area contributed by atoms with E-state index in [0.29, 0.717) is 62.0 Å². The van der Waals surface area contributed by atoms with Crippen molar-refractivity contribution in [1.82, 2.24) is 15.1 Å². The highest BCUT2D eigenvalue weighted by atomic mass is 19.3. The Morgan fingerprint density at radius 2 is 1.73 bits per heavy atom. The largest absolute Gasteiger partial charge is 0.497 e. The van der Waals surface area contributed by atoms with Gasteiger partial charge in [-0.25, -0.2) is 8.78 Å². The predicted octanol–water partition coefficient (Wildman–Crippen LogP) is 3.98. The van der Waals surface area contributed by atoms with Crippen LogP contribution in [0.4, 0.5) is 26.0 Å². The molecule has 1 aliphatic heterocycles. The van der Waals surface area contributed by atoms with Crippen LogP contribution >= 0.6 is 0 Å². The molecule has 0 bridgehead atoms. The number of nitrogens with one attached hydrogen (secondary N) is 3. The average molecular weight is 569 g/mol. The van der Waals surface area contributed by atoms with Crippen LogP contribution in [0.2, 0.25) is 0 Å². The summed E-state index contributed by atoms with van der Waals surface area (Å²) in [5.41, 5.74) is 3.17. The summed E-state index contributed by atoms with van der Waals surface area (Å²) in [4.78, 5) is 29.1. The van der Waals surface area contributed by atoms with Crippen LogP contribution in [0.15, 0.2) is 55.1 Å². The van der Waals surface area contributed by atoms with Crippen LogP contribution in [0.25, 0.3) is 0 Å². The molecule has 218 valence electrons. The number of aromatic amines is 1. The molecule has 3 N–H and O–H groups in total. The van der Waals surface area contributed by atoms with Gasteiger partial charge in [0.1, 0.15) is 11.5 Å². The molecule has 0 spiro atoms. The number of nitrogens with zero attached hydrogens (tertiary/aromatic N) is 3. The number of carbonyl (C=O) groups excluding carboxylic acids is 2. The molecule has 0 aliphatic carbocycles. The van der Waals surface area contributed by atoms with Gasteiger partial charge in [0.15, 0.2) is 5.82 Å². The van der Waals surface area contributed by atoms with Crippen molar-refractivity contribution in [3.05, 3.63) is 71.9 Å². The molecule has 2 amide bonds. The molecular formula is C29H34F2N6O4. The molecule has 2 aromatic carbocycles. The number of alkyl halides is 2. The SMILES string of the molecule is C=CC(=O)Nc1cc(N2CCN(CC(F)F)CC2)ccc1C(=O)Nc1cc(CCc2cc(OC)cc(OC)c2)[nH]n1. The lowest BCUT2D eigenvalue weighted by molar-refractivity contribution is -0.111. The molecule has 12 heteroatoms. The smallest absolute Gasteiger partial charge is 0.258 e. The summed E-state index contributed by atoms with van der Waals surface area (Å²) in [6.07, 6.45) is 0.0791. The van der Waals surface area contributed by atoms with Gasteiger partial charge in [0, 0.05) is 49.7 Å². The Labute approximate surface area is 237 Å². The molecule has 0 saturated carbocycles. The quantitative estimate of drug-likeness (QED) is 0.284. The number of rotatable bonds is 12. The molecule has 1 aromatic heterocycles. The molecule has 0 atom stereocenters. The van der Waals surface area contributed by atoms with E-state index in [-0.39, 0.29) is 12.1 Å². The van der Waals surface area contributed by atoms with Gasteiger partial charge in [0.2, 0.25) is 5.91 Å². The number of amides is 2. The van der Waals surface area contributed by atoms with Crippen molar-refractivity contribution in [1.29, 1.82) is 0 Å². The molecule has 0 radical (unpaired) electrons. The second-order valence-corrected chi connectivity index (χ2v) is 9.56. The van der Waals surface area contributed by atoms with Crippen molar-refractivity contribution in [2.75, 3.05) is 62.5 Å². The first-order chi connectivity index (χ1) is 19.8. The van der Waals surface area contributed by atoms with E-state index in [1.807, 2.05) is 23.1 Å². The average Bonchev–Trinajstić information content (AvgIpc) is 3.42. The fourth-order valence-electron chi connectivity index (χ4n) is 4.63. The van der Waals surface area contributed by atoms with Gasteiger partial charge >= 0.3 is 0 Å². The third kappa shape index (κ3) is 8.04. The summed E-state index contributed by atoms with van der Waals surface area (Å²) in [6, 6.07) is 12.5. The normalized spacial score (nSPS) is 13.6. The molecule has 4 rings (SSSR count).